The molecule has 1 heterocycles. The van der Waals surface area contributed by atoms with Gasteiger partial charge in [-0.3, -0.25) is 0 Å². The van der Waals surface area contributed by atoms with E-state index in [1.54, 1.807) is 12.5 Å². The minimum Gasteiger partial charge on any atom is -0.479 e. The number of hydrogen-bond donors (Lipinski definition) is 2. The first kappa shape index (κ1) is 22.0. The van der Waals surface area contributed by atoms with E-state index in [9.17, 15) is 9.90 Å². The predicted octanol–water partition coefficient (Wildman–Crippen LogP) is 5.30. The molecule has 144 valence electrons. The molecule has 1 aromatic heterocycles. The lowest BCUT2D eigenvalue weighted by Gasteiger charge is -2.07. The van der Waals surface area contributed by atoms with Crippen LogP contribution >= 0.6 is 0 Å². The fourth-order valence-corrected chi connectivity index (χ4v) is 2.66. The molecule has 1 aromatic rings. The van der Waals surface area contributed by atoms with Crippen LogP contribution in [0.4, 0.5) is 0 Å². The van der Waals surface area contributed by atoms with Crippen LogP contribution in [0.15, 0.2) is 58.5 Å². The molecule has 26 heavy (non-hydrogen) atoms. The quantitative estimate of drug-likeness (QED) is 0.392. The fourth-order valence-electron chi connectivity index (χ4n) is 2.66. The van der Waals surface area contributed by atoms with E-state index in [1.165, 1.54) is 11.1 Å². The van der Waals surface area contributed by atoms with Crippen LogP contribution < -0.4 is 0 Å². The Kier molecular flexibility index (Phi) is 10.4. The lowest BCUT2D eigenvalue weighted by Crippen LogP contribution is -2.19. The number of carboxylic acids is 1. The van der Waals surface area contributed by atoms with Crippen molar-refractivity contribution in [1.29, 1.82) is 0 Å². The first-order chi connectivity index (χ1) is 12.4. The first-order valence-electron chi connectivity index (χ1n) is 9.30. The largest absolute Gasteiger partial charge is 0.479 e. The summed E-state index contributed by atoms with van der Waals surface area (Å²) in [4.78, 5) is 10.6. The van der Waals surface area contributed by atoms with Crippen molar-refractivity contribution in [1.82, 2.24) is 0 Å². The second kappa shape index (κ2) is 12.3. The number of furan rings is 1. The normalized spacial score (nSPS) is 15.4. The van der Waals surface area contributed by atoms with E-state index in [1.807, 2.05) is 19.1 Å². The Morgan fingerprint density at radius 2 is 2.08 bits per heavy atom. The summed E-state index contributed by atoms with van der Waals surface area (Å²) < 4.78 is 5.07. The van der Waals surface area contributed by atoms with Gasteiger partial charge < -0.3 is 14.6 Å². The van der Waals surface area contributed by atoms with Crippen LogP contribution in [0.1, 0.15) is 58.4 Å². The molecule has 2 unspecified atom stereocenters. The van der Waals surface area contributed by atoms with E-state index >= 15 is 0 Å². The molecule has 0 aliphatic rings. The minimum atomic E-state index is -1.30. The van der Waals surface area contributed by atoms with Gasteiger partial charge in [-0.1, -0.05) is 42.4 Å². The molecule has 0 amide bonds. The topological polar surface area (TPSA) is 70.7 Å². The summed E-state index contributed by atoms with van der Waals surface area (Å²) in [6.07, 6.45) is 16.1. The second-order valence-electron chi connectivity index (χ2n) is 7.05. The van der Waals surface area contributed by atoms with Crippen LogP contribution in [0, 0.1) is 5.92 Å². The summed E-state index contributed by atoms with van der Waals surface area (Å²) in [5.74, 6) is -0.709. The highest BCUT2D eigenvalue weighted by atomic mass is 16.4. The van der Waals surface area contributed by atoms with Crippen molar-refractivity contribution in [2.75, 3.05) is 0 Å². The second-order valence-corrected chi connectivity index (χ2v) is 7.05. The summed E-state index contributed by atoms with van der Waals surface area (Å²) in [5.41, 5.74) is 3.54. The number of aryl methyl sites for hydroxylation is 1. The molecule has 0 saturated heterocycles. The van der Waals surface area contributed by atoms with Crippen molar-refractivity contribution in [2.24, 2.45) is 5.92 Å². The summed E-state index contributed by atoms with van der Waals surface area (Å²) in [5, 5.41) is 18.0. The van der Waals surface area contributed by atoms with Crippen LogP contribution in [-0.2, 0) is 11.2 Å². The maximum atomic E-state index is 10.6. The Morgan fingerprint density at radius 3 is 2.73 bits per heavy atom. The van der Waals surface area contributed by atoms with Gasteiger partial charge in [-0.05, 0) is 63.5 Å². The number of carbonyl (C=O) groups is 1. The number of allylic oxidation sites excluding steroid dienone is 5. The van der Waals surface area contributed by atoms with Gasteiger partial charge in [0.1, 0.15) is 0 Å². The van der Waals surface area contributed by atoms with E-state index < -0.39 is 12.1 Å². The van der Waals surface area contributed by atoms with Crippen molar-refractivity contribution < 1.29 is 19.4 Å². The zero-order valence-electron chi connectivity index (χ0n) is 16.1. The Bertz CT molecular complexity index is 608. The van der Waals surface area contributed by atoms with Crippen LogP contribution in [0.3, 0.4) is 0 Å². The summed E-state index contributed by atoms with van der Waals surface area (Å²) in [7, 11) is 0. The monoisotopic (exact) mass is 360 g/mol. The van der Waals surface area contributed by atoms with E-state index in [4.69, 9.17) is 9.52 Å². The number of aliphatic hydroxyl groups is 1. The molecule has 0 fully saturated rings. The number of aliphatic carboxylic acids is 1. The summed E-state index contributed by atoms with van der Waals surface area (Å²) in [6, 6.07) is 2.01. The standard InChI is InChI=1S/C22H32O4/c1-17(9-5-11-19(3)15-21(23)22(24)25)7-4-8-18(2)10-6-12-20-13-14-26-16-20/h4,7-8,11,13-14,16-17,21,23H,5-6,9-10,12,15H2,1-3H3,(H,24,25)/b7-4+,18-8+,19-11-. The SMILES string of the molecule is C/C(=C/CCC(C)/C=C/C=C(\C)CCCc1ccoc1)CC(O)C(=O)O. The van der Waals surface area contributed by atoms with Gasteiger partial charge in [0.15, 0.2) is 6.10 Å². The third-order valence-electron chi connectivity index (χ3n) is 4.35. The molecule has 0 aromatic carbocycles. The molecule has 1 rings (SSSR count). The van der Waals surface area contributed by atoms with Gasteiger partial charge >= 0.3 is 5.97 Å². The fraction of sp³-hybridized carbons (Fsp3) is 0.500. The van der Waals surface area contributed by atoms with Crippen molar-refractivity contribution in [3.8, 4) is 0 Å². The zero-order valence-corrected chi connectivity index (χ0v) is 16.1. The maximum Gasteiger partial charge on any atom is 0.332 e. The zero-order chi connectivity index (χ0) is 19.4. The van der Waals surface area contributed by atoms with Gasteiger partial charge in [-0.15, -0.1) is 0 Å². The van der Waals surface area contributed by atoms with Crippen LogP contribution in [0.5, 0.6) is 0 Å². The van der Waals surface area contributed by atoms with Crippen molar-refractivity contribution >= 4 is 5.97 Å². The van der Waals surface area contributed by atoms with Gasteiger partial charge in [-0.25, -0.2) is 4.79 Å². The number of aliphatic hydroxyl groups excluding tert-OH is 1. The van der Waals surface area contributed by atoms with Crippen LogP contribution in [0.25, 0.3) is 0 Å². The molecule has 2 N–H and O–H groups in total. The van der Waals surface area contributed by atoms with E-state index in [0.29, 0.717) is 5.92 Å². The molecule has 0 radical (unpaired) electrons. The Labute approximate surface area is 156 Å². The molecule has 4 nitrogen and oxygen atoms in total. The average Bonchev–Trinajstić information content (AvgIpc) is 3.08. The molecule has 0 saturated carbocycles. The molecule has 0 aliphatic carbocycles. The molecular formula is C22H32O4. The lowest BCUT2D eigenvalue weighted by molar-refractivity contribution is -0.146. The minimum absolute atomic E-state index is 0.195. The average molecular weight is 360 g/mol. The summed E-state index contributed by atoms with van der Waals surface area (Å²) in [6.45, 7) is 6.19. The first-order valence-corrected chi connectivity index (χ1v) is 9.30. The van der Waals surface area contributed by atoms with Gasteiger partial charge in [0.05, 0.1) is 12.5 Å². The van der Waals surface area contributed by atoms with E-state index in [2.05, 4.69) is 32.1 Å². The van der Waals surface area contributed by atoms with Crippen LogP contribution in [-0.4, -0.2) is 22.3 Å². The van der Waals surface area contributed by atoms with Gasteiger partial charge in [0, 0.05) is 6.42 Å². The number of carboxylic acid groups (broad SMARTS) is 1. The van der Waals surface area contributed by atoms with Gasteiger partial charge in [0.25, 0.3) is 0 Å². The van der Waals surface area contributed by atoms with Crippen molar-refractivity contribution in [3.05, 3.63) is 59.6 Å². The van der Waals surface area contributed by atoms with Gasteiger partial charge in [-0.2, -0.15) is 0 Å². The Hall–Kier alpha value is -2.07. The Morgan fingerprint density at radius 1 is 1.31 bits per heavy atom. The maximum absolute atomic E-state index is 10.6. The highest BCUT2D eigenvalue weighted by Gasteiger charge is 2.12. The van der Waals surface area contributed by atoms with Crippen LogP contribution in [0.2, 0.25) is 0 Å². The van der Waals surface area contributed by atoms with Gasteiger partial charge in [0.2, 0.25) is 0 Å². The molecule has 0 aliphatic heterocycles. The molecule has 4 heteroatoms. The predicted molar refractivity (Wildman–Crippen MR) is 105 cm³/mol. The van der Waals surface area contributed by atoms with Crippen molar-refractivity contribution in [2.45, 2.75) is 65.4 Å². The lowest BCUT2D eigenvalue weighted by atomic mass is 10.0. The molecule has 0 spiro atoms. The molecule has 2 atom stereocenters. The summed E-state index contributed by atoms with van der Waals surface area (Å²) >= 11 is 0. The number of hydrogen-bond acceptors (Lipinski definition) is 3. The third kappa shape index (κ3) is 10.0. The van der Waals surface area contributed by atoms with E-state index in [-0.39, 0.29) is 6.42 Å². The molecular weight excluding hydrogens is 328 g/mol. The third-order valence-corrected chi connectivity index (χ3v) is 4.35. The molecule has 0 bridgehead atoms. The van der Waals surface area contributed by atoms with E-state index in [0.717, 1.165) is 37.7 Å². The highest BCUT2D eigenvalue weighted by molar-refractivity contribution is 5.72. The highest BCUT2D eigenvalue weighted by Crippen LogP contribution is 2.13. The van der Waals surface area contributed by atoms with Crippen molar-refractivity contribution in [3.63, 3.8) is 0 Å². The smallest absolute Gasteiger partial charge is 0.332 e. The number of rotatable bonds is 12. The Balaban J connectivity index is 2.24.